The molecule has 0 aliphatic carbocycles. The molecular weight excluding hydrogens is 295 g/mol. The fourth-order valence-corrected chi connectivity index (χ4v) is 1.54. The molecule has 3 heteroatoms. The molecule has 0 rings (SSSR count). The van der Waals surface area contributed by atoms with Crippen molar-refractivity contribution in [3.63, 3.8) is 0 Å². The molecule has 0 aliphatic rings. The molecule has 2 N–H and O–H groups in total. The standard InChI is InChI=1S/C11H23NO.Cs.H/c1-3-5-6-7-8-9-10(4-2)11(12)13;;/h10H,3-9H2,1-2H3,(H2,12,13);;. The average molecular weight is 319 g/mol. The first kappa shape index (κ1) is 17.9. The number of nitrogens with two attached hydrogens (primary N) is 1. The zero-order valence-electron chi connectivity index (χ0n) is 9.01. The van der Waals surface area contributed by atoms with Crippen molar-refractivity contribution in [1.82, 2.24) is 0 Å². The van der Waals surface area contributed by atoms with Crippen LogP contribution in [0.1, 0.15) is 58.8 Å². The number of amides is 1. The Morgan fingerprint density at radius 3 is 2.14 bits per heavy atom. The van der Waals surface area contributed by atoms with E-state index in [-0.39, 0.29) is 80.7 Å². The van der Waals surface area contributed by atoms with E-state index in [1.807, 2.05) is 6.92 Å². The van der Waals surface area contributed by atoms with E-state index in [2.05, 4.69) is 6.92 Å². The van der Waals surface area contributed by atoms with Crippen LogP contribution in [-0.4, -0.2) is 74.8 Å². The minimum absolute atomic E-state index is 0. The average Bonchev–Trinajstić information content (AvgIpc) is 2.10. The fourth-order valence-electron chi connectivity index (χ4n) is 1.54. The molecule has 14 heavy (non-hydrogen) atoms. The summed E-state index contributed by atoms with van der Waals surface area (Å²) in [6.45, 7) is 4.24. The van der Waals surface area contributed by atoms with Crippen LogP contribution in [0.4, 0.5) is 0 Å². The molecule has 0 saturated heterocycles. The van der Waals surface area contributed by atoms with Crippen LogP contribution in [0.15, 0.2) is 0 Å². The molecule has 0 aromatic heterocycles. The molecule has 0 aliphatic heterocycles. The van der Waals surface area contributed by atoms with Gasteiger partial charge in [-0.3, -0.25) is 4.79 Å². The Kier molecular flexibility index (Phi) is 16.1. The molecule has 0 bridgehead atoms. The quantitative estimate of drug-likeness (QED) is 0.685. The number of primary amides is 1. The molecule has 0 aromatic carbocycles. The van der Waals surface area contributed by atoms with Crippen molar-refractivity contribution in [3.8, 4) is 0 Å². The van der Waals surface area contributed by atoms with Crippen LogP contribution in [0, 0.1) is 5.92 Å². The first-order valence-corrected chi connectivity index (χ1v) is 5.51. The van der Waals surface area contributed by atoms with Gasteiger partial charge in [0.1, 0.15) is 0 Å². The van der Waals surface area contributed by atoms with Gasteiger partial charge in [0, 0.05) is 5.92 Å². The number of unbranched alkanes of at least 4 members (excludes halogenated alkanes) is 4. The number of hydrogen-bond donors (Lipinski definition) is 1. The van der Waals surface area contributed by atoms with Gasteiger partial charge in [-0.25, -0.2) is 0 Å². The summed E-state index contributed by atoms with van der Waals surface area (Å²) in [6.07, 6.45) is 8.16. The minimum atomic E-state index is -0.127. The molecule has 2 nitrogen and oxygen atoms in total. The molecule has 1 unspecified atom stereocenters. The van der Waals surface area contributed by atoms with Gasteiger partial charge < -0.3 is 5.73 Å². The maximum atomic E-state index is 10.9. The van der Waals surface area contributed by atoms with Crippen molar-refractivity contribution in [2.24, 2.45) is 11.7 Å². The summed E-state index contributed by atoms with van der Waals surface area (Å²) >= 11 is 0. The van der Waals surface area contributed by atoms with Crippen LogP contribution in [0.3, 0.4) is 0 Å². The summed E-state index contributed by atoms with van der Waals surface area (Å²) in [5.74, 6) is -0.0142. The van der Waals surface area contributed by atoms with Crippen LogP contribution in [0.2, 0.25) is 0 Å². The Labute approximate surface area is 147 Å². The predicted octanol–water partition coefficient (Wildman–Crippen LogP) is 2.21. The molecule has 0 aromatic rings. The first-order chi connectivity index (χ1) is 6.22. The van der Waals surface area contributed by atoms with E-state index < -0.39 is 0 Å². The van der Waals surface area contributed by atoms with Crippen LogP contribution in [-0.2, 0) is 4.79 Å². The van der Waals surface area contributed by atoms with Crippen LogP contribution < -0.4 is 5.73 Å². The molecule has 0 fully saturated rings. The topological polar surface area (TPSA) is 43.1 Å². The van der Waals surface area contributed by atoms with E-state index in [4.69, 9.17) is 5.73 Å². The molecular formula is C11H24CsNO. The van der Waals surface area contributed by atoms with E-state index in [0.29, 0.717) is 0 Å². The molecule has 0 saturated carbocycles. The molecule has 0 spiro atoms. The Morgan fingerprint density at radius 1 is 1.14 bits per heavy atom. The van der Waals surface area contributed by atoms with Crippen molar-refractivity contribution < 1.29 is 4.79 Å². The Morgan fingerprint density at radius 2 is 1.71 bits per heavy atom. The third kappa shape index (κ3) is 10.1. The summed E-state index contributed by atoms with van der Waals surface area (Å²) in [4.78, 5) is 10.9. The van der Waals surface area contributed by atoms with E-state index in [1.54, 1.807) is 0 Å². The normalized spacial score (nSPS) is 11.9. The Hall–Kier alpha value is 1.52. The third-order valence-corrected chi connectivity index (χ3v) is 2.55. The zero-order valence-corrected chi connectivity index (χ0v) is 9.01. The van der Waals surface area contributed by atoms with Crippen molar-refractivity contribution in [2.45, 2.75) is 58.8 Å². The molecule has 0 radical (unpaired) electrons. The van der Waals surface area contributed by atoms with E-state index >= 15 is 0 Å². The van der Waals surface area contributed by atoms with Gasteiger partial charge >= 0.3 is 68.9 Å². The van der Waals surface area contributed by atoms with E-state index in [1.165, 1.54) is 25.7 Å². The predicted molar refractivity (Wildman–Crippen MR) is 63.5 cm³/mol. The van der Waals surface area contributed by atoms with Crippen LogP contribution in [0.5, 0.6) is 0 Å². The maximum absolute atomic E-state index is 10.9. The number of hydrogen-bond acceptors (Lipinski definition) is 1. The summed E-state index contributed by atoms with van der Waals surface area (Å²) in [5.41, 5.74) is 5.25. The monoisotopic (exact) mass is 319 g/mol. The van der Waals surface area contributed by atoms with Gasteiger partial charge in [0.05, 0.1) is 0 Å². The second-order valence-electron chi connectivity index (χ2n) is 3.71. The number of carbonyl (C=O) groups is 1. The summed E-state index contributed by atoms with van der Waals surface area (Å²) < 4.78 is 0. The van der Waals surface area contributed by atoms with E-state index in [9.17, 15) is 4.79 Å². The Bertz CT molecular complexity index is 139. The van der Waals surface area contributed by atoms with Crippen molar-refractivity contribution >= 4 is 74.8 Å². The summed E-state index contributed by atoms with van der Waals surface area (Å²) in [5, 5.41) is 0. The summed E-state index contributed by atoms with van der Waals surface area (Å²) in [7, 11) is 0. The zero-order chi connectivity index (χ0) is 10.1. The number of carbonyl (C=O) groups excluding carboxylic acids is 1. The molecule has 1 amide bonds. The molecule has 1 atom stereocenters. The second-order valence-corrected chi connectivity index (χ2v) is 3.71. The number of rotatable bonds is 8. The van der Waals surface area contributed by atoms with Gasteiger partial charge in [0.15, 0.2) is 0 Å². The molecule has 80 valence electrons. The second kappa shape index (κ2) is 12.6. The SMILES string of the molecule is CCCCCCCC(CC)C(N)=O.[CsH]. The summed E-state index contributed by atoms with van der Waals surface area (Å²) in [6, 6.07) is 0. The van der Waals surface area contributed by atoms with Gasteiger partial charge in [-0.1, -0.05) is 46.0 Å². The Balaban J connectivity index is 0. The van der Waals surface area contributed by atoms with Crippen LogP contribution in [0.25, 0.3) is 0 Å². The third-order valence-electron chi connectivity index (χ3n) is 2.55. The first-order valence-electron chi connectivity index (χ1n) is 5.51. The van der Waals surface area contributed by atoms with Gasteiger partial charge in [-0.05, 0) is 12.8 Å². The molecule has 0 heterocycles. The van der Waals surface area contributed by atoms with Crippen LogP contribution >= 0.6 is 0 Å². The van der Waals surface area contributed by atoms with Crippen molar-refractivity contribution in [3.05, 3.63) is 0 Å². The van der Waals surface area contributed by atoms with Crippen molar-refractivity contribution in [1.29, 1.82) is 0 Å². The van der Waals surface area contributed by atoms with E-state index in [0.717, 1.165) is 19.3 Å². The van der Waals surface area contributed by atoms with Gasteiger partial charge in [0.25, 0.3) is 0 Å². The van der Waals surface area contributed by atoms with Crippen molar-refractivity contribution in [2.75, 3.05) is 0 Å². The van der Waals surface area contributed by atoms with Gasteiger partial charge in [-0.2, -0.15) is 0 Å². The van der Waals surface area contributed by atoms with Gasteiger partial charge in [0.2, 0.25) is 5.91 Å². The van der Waals surface area contributed by atoms with Gasteiger partial charge in [-0.15, -0.1) is 0 Å². The fraction of sp³-hybridized carbons (Fsp3) is 0.909.